The molecular formula is C8H14FNO3. The van der Waals surface area contributed by atoms with Crippen molar-refractivity contribution in [3.05, 3.63) is 0 Å². The van der Waals surface area contributed by atoms with Crippen LogP contribution in [0.1, 0.15) is 20.8 Å². The molecule has 0 amide bonds. The minimum absolute atomic E-state index is 0.00560. The highest BCUT2D eigenvalue weighted by atomic mass is 19.1. The first kappa shape index (κ1) is 11.9. The number of carbonyl (C=O) groups is 1. The molecule has 0 unspecified atom stereocenters. The van der Waals surface area contributed by atoms with Crippen LogP contribution in [-0.4, -0.2) is 30.2 Å². The Morgan fingerprint density at radius 2 is 2.15 bits per heavy atom. The maximum atomic E-state index is 12.2. The van der Waals surface area contributed by atoms with Crippen molar-refractivity contribution in [1.29, 1.82) is 0 Å². The van der Waals surface area contributed by atoms with Gasteiger partial charge in [-0.3, -0.25) is 4.79 Å². The SMILES string of the molecule is CC(=O)OCC(C)(C)C(CF)=NO. The van der Waals surface area contributed by atoms with E-state index in [1.54, 1.807) is 13.8 Å². The van der Waals surface area contributed by atoms with E-state index in [0.717, 1.165) is 0 Å². The number of rotatable bonds is 4. The van der Waals surface area contributed by atoms with Gasteiger partial charge in [-0.2, -0.15) is 0 Å². The molecule has 0 heterocycles. The zero-order chi connectivity index (χ0) is 10.5. The third-order valence-corrected chi connectivity index (χ3v) is 1.66. The summed E-state index contributed by atoms with van der Waals surface area (Å²) >= 11 is 0. The standard InChI is InChI=1S/C8H14FNO3/c1-6(11)13-5-8(2,3)7(4-9)10-12/h12H,4-5H2,1-3H3. The third kappa shape index (κ3) is 3.87. The summed E-state index contributed by atoms with van der Waals surface area (Å²) in [7, 11) is 0. The van der Waals surface area contributed by atoms with E-state index < -0.39 is 18.1 Å². The van der Waals surface area contributed by atoms with Crippen molar-refractivity contribution in [3.63, 3.8) is 0 Å². The number of oxime groups is 1. The van der Waals surface area contributed by atoms with E-state index in [0.29, 0.717) is 0 Å². The van der Waals surface area contributed by atoms with Crippen molar-refractivity contribution in [2.75, 3.05) is 13.3 Å². The first-order valence-corrected chi connectivity index (χ1v) is 3.84. The lowest BCUT2D eigenvalue weighted by molar-refractivity contribution is -0.142. The number of hydrogen-bond donors (Lipinski definition) is 1. The number of ether oxygens (including phenoxy) is 1. The van der Waals surface area contributed by atoms with Crippen LogP contribution in [0, 0.1) is 5.41 Å². The molecule has 13 heavy (non-hydrogen) atoms. The van der Waals surface area contributed by atoms with Gasteiger partial charge in [-0.25, -0.2) is 4.39 Å². The molecule has 76 valence electrons. The summed E-state index contributed by atoms with van der Waals surface area (Å²) in [6, 6.07) is 0. The fourth-order valence-electron chi connectivity index (χ4n) is 0.708. The van der Waals surface area contributed by atoms with E-state index in [2.05, 4.69) is 5.16 Å². The average Bonchev–Trinajstić information content (AvgIpc) is 2.03. The summed E-state index contributed by atoms with van der Waals surface area (Å²) in [5, 5.41) is 11.2. The van der Waals surface area contributed by atoms with Crippen LogP contribution >= 0.6 is 0 Å². The highest BCUT2D eigenvalue weighted by Gasteiger charge is 2.27. The first-order chi connectivity index (χ1) is 5.94. The second kappa shape index (κ2) is 4.79. The Bertz CT molecular complexity index is 213. The van der Waals surface area contributed by atoms with E-state index in [1.165, 1.54) is 6.92 Å². The van der Waals surface area contributed by atoms with E-state index >= 15 is 0 Å². The summed E-state index contributed by atoms with van der Waals surface area (Å²) in [5.41, 5.74) is -0.802. The van der Waals surface area contributed by atoms with Crippen LogP contribution in [-0.2, 0) is 9.53 Å². The predicted molar refractivity (Wildman–Crippen MR) is 45.6 cm³/mol. The van der Waals surface area contributed by atoms with E-state index in [-0.39, 0.29) is 12.3 Å². The average molecular weight is 191 g/mol. The molecule has 0 aromatic heterocycles. The van der Waals surface area contributed by atoms with E-state index in [9.17, 15) is 9.18 Å². The Balaban J connectivity index is 4.29. The van der Waals surface area contributed by atoms with Crippen molar-refractivity contribution in [2.24, 2.45) is 10.6 Å². The van der Waals surface area contributed by atoms with Crippen LogP contribution < -0.4 is 0 Å². The summed E-state index contributed by atoms with van der Waals surface area (Å²) in [4.78, 5) is 10.5. The first-order valence-electron chi connectivity index (χ1n) is 3.84. The Labute approximate surface area is 76.4 Å². The Morgan fingerprint density at radius 3 is 2.46 bits per heavy atom. The van der Waals surface area contributed by atoms with Gasteiger partial charge in [0.15, 0.2) is 0 Å². The summed E-state index contributed by atoms with van der Waals surface area (Å²) < 4.78 is 16.9. The molecular weight excluding hydrogens is 177 g/mol. The number of esters is 1. The van der Waals surface area contributed by atoms with Crippen LogP contribution in [0.4, 0.5) is 4.39 Å². The normalized spacial score (nSPS) is 12.8. The minimum Gasteiger partial charge on any atom is -0.465 e. The van der Waals surface area contributed by atoms with Gasteiger partial charge in [-0.05, 0) is 0 Å². The van der Waals surface area contributed by atoms with Gasteiger partial charge in [0.1, 0.15) is 13.3 Å². The maximum absolute atomic E-state index is 12.2. The van der Waals surface area contributed by atoms with Crippen LogP contribution in [0.2, 0.25) is 0 Å². The number of alkyl halides is 1. The molecule has 0 aromatic carbocycles. The third-order valence-electron chi connectivity index (χ3n) is 1.66. The Hall–Kier alpha value is -1.13. The smallest absolute Gasteiger partial charge is 0.302 e. The monoisotopic (exact) mass is 191 g/mol. The molecule has 0 radical (unpaired) electrons. The number of carbonyl (C=O) groups excluding carboxylic acids is 1. The largest absolute Gasteiger partial charge is 0.465 e. The molecule has 0 saturated carbocycles. The predicted octanol–water partition coefficient (Wildman–Crippen LogP) is 1.38. The molecule has 0 atom stereocenters. The molecule has 4 nitrogen and oxygen atoms in total. The lowest BCUT2D eigenvalue weighted by Crippen LogP contribution is -2.32. The highest BCUT2D eigenvalue weighted by molar-refractivity contribution is 5.90. The Kier molecular flexibility index (Phi) is 4.37. The van der Waals surface area contributed by atoms with E-state index in [4.69, 9.17) is 9.94 Å². The fourth-order valence-corrected chi connectivity index (χ4v) is 0.708. The Morgan fingerprint density at radius 1 is 1.62 bits per heavy atom. The zero-order valence-electron chi connectivity index (χ0n) is 8.00. The van der Waals surface area contributed by atoms with Crippen molar-refractivity contribution < 1.29 is 19.1 Å². The molecule has 1 N–H and O–H groups in total. The van der Waals surface area contributed by atoms with Gasteiger partial charge in [0, 0.05) is 12.3 Å². The highest BCUT2D eigenvalue weighted by Crippen LogP contribution is 2.18. The van der Waals surface area contributed by atoms with Crippen molar-refractivity contribution in [3.8, 4) is 0 Å². The van der Waals surface area contributed by atoms with Crippen LogP contribution in [0.25, 0.3) is 0 Å². The molecule has 5 heteroatoms. The quantitative estimate of drug-likeness (QED) is 0.316. The van der Waals surface area contributed by atoms with Crippen LogP contribution in [0.15, 0.2) is 5.16 Å². The van der Waals surface area contributed by atoms with E-state index in [1.807, 2.05) is 0 Å². The molecule has 0 saturated heterocycles. The lowest BCUT2D eigenvalue weighted by atomic mass is 9.89. The fraction of sp³-hybridized carbons (Fsp3) is 0.750. The van der Waals surface area contributed by atoms with Gasteiger partial charge >= 0.3 is 5.97 Å². The molecule has 0 rings (SSSR count). The van der Waals surface area contributed by atoms with Gasteiger partial charge in [-0.1, -0.05) is 19.0 Å². The van der Waals surface area contributed by atoms with Crippen molar-refractivity contribution >= 4 is 11.7 Å². The molecule has 0 aromatic rings. The number of halogens is 1. The molecule has 0 bridgehead atoms. The molecule has 0 spiro atoms. The lowest BCUT2D eigenvalue weighted by Gasteiger charge is -2.22. The summed E-state index contributed by atoms with van der Waals surface area (Å²) in [6.45, 7) is 3.67. The molecule has 0 aliphatic rings. The second-order valence-corrected chi connectivity index (χ2v) is 3.34. The summed E-state index contributed by atoms with van der Waals surface area (Å²) in [5.74, 6) is -0.441. The maximum Gasteiger partial charge on any atom is 0.302 e. The second-order valence-electron chi connectivity index (χ2n) is 3.34. The van der Waals surface area contributed by atoms with Gasteiger partial charge in [0.2, 0.25) is 0 Å². The molecule has 0 fully saturated rings. The zero-order valence-corrected chi connectivity index (χ0v) is 8.00. The van der Waals surface area contributed by atoms with Gasteiger partial charge in [-0.15, -0.1) is 0 Å². The van der Waals surface area contributed by atoms with Gasteiger partial charge < -0.3 is 9.94 Å². The topological polar surface area (TPSA) is 58.9 Å². The van der Waals surface area contributed by atoms with Crippen LogP contribution in [0.3, 0.4) is 0 Å². The van der Waals surface area contributed by atoms with Crippen LogP contribution in [0.5, 0.6) is 0 Å². The van der Waals surface area contributed by atoms with Crippen molar-refractivity contribution in [1.82, 2.24) is 0 Å². The number of nitrogens with zero attached hydrogens (tertiary/aromatic N) is 1. The van der Waals surface area contributed by atoms with Gasteiger partial charge in [0.25, 0.3) is 0 Å². The van der Waals surface area contributed by atoms with Crippen molar-refractivity contribution in [2.45, 2.75) is 20.8 Å². The minimum atomic E-state index is -0.856. The molecule has 0 aliphatic carbocycles. The number of hydrogen-bond acceptors (Lipinski definition) is 4. The van der Waals surface area contributed by atoms with Gasteiger partial charge in [0.05, 0.1) is 5.71 Å². The molecule has 0 aliphatic heterocycles. The summed E-state index contributed by atoms with van der Waals surface area (Å²) in [6.07, 6.45) is 0.